The van der Waals surface area contributed by atoms with Gasteiger partial charge in [-0.2, -0.15) is 0 Å². The van der Waals surface area contributed by atoms with E-state index in [4.69, 9.17) is 0 Å². The van der Waals surface area contributed by atoms with Crippen LogP contribution in [-0.4, -0.2) is 39.1 Å². The van der Waals surface area contributed by atoms with E-state index in [1.807, 2.05) is 0 Å². The second-order valence-corrected chi connectivity index (χ2v) is 4.42. The van der Waals surface area contributed by atoms with Crippen LogP contribution in [-0.2, 0) is 0 Å². The van der Waals surface area contributed by atoms with E-state index < -0.39 is 0 Å². The van der Waals surface area contributed by atoms with Crippen molar-refractivity contribution in [3.8, 4) is 0 Å². The average molecular weight is 206 g/mol. The molecule has 0 bridgehead atoms. The first kappa shape index (κ1) is 12.1. The minimum atomic E-state index is 1.11. The highest BCUT2D eigenvalue weighted by Gasteiger charge is 2.00. The molecule has 0 radical (unpaired) electrons. The molecule has 2 nitrogen and oxygen atoms in total. The molecule has 0 heterocycles. The van der Waals surface area contributed by atoms with Crippen LogP contribution in [0.15, 0.2) is 24.3 Å². The highest BCUT2D eigenvalue weighted by molar-refractivity contribution is 5.47. The molecule has 2 heteroatoms. The van der Waals surface area contributed by atoms with Crippen LogP contribution in [0.5, 0.6) is 0 Å². The molecule has 0 aliphatic rings. The number of nitrogens with zero attached hydrogens (tertiary/aromatic N) is 2. The Labute approximate surface area is 93.5 Å². The number of benzene rings is 1. The van der Waals surface area contributed by atoms with Crippen LogP contribution in [0.25, 0.3) is 0 Å². The molecule has 0 saturated heterocycles. The van der Waals surface area contributed by atoms with E-state index in [-0.39, 0.29) is 0 Å². The Balaban J connectivity index is 2.43. The minimum Gasteiger partial charge on any atom is -0.375 e. The second kappa shape index (κ2) is 5.76. The van der Waals surface area contributed by atoms with E-state index in [1.54, 1.807) is 0 Å². The molecule has 1 rings (SSSR count). The van der Waals surface area contributed by atoms with Gasteiger partial charge in [-0.25, -0.2) is 0 Å². The molecule has 0 N–H and O–H groups in total. The maximum atomic E-state index is 2.32. The van der Waals surface area contributed by atoms with Crippen molar-refractivity contribution in [2.45, 2.75) is 13.3 Å². The van der Waals surface area contributed by atoms with Gasteiger partial charge in [-0.3, -0.25) is 0 Å². The molecule has 15 heavy (non-hydrogen) atoms. The summed E-state index contributed by atoms with van der Waals surface area (Å²) in [5.41, 5.74) is 2.64. The lowest BCUT2D eigenvalue weighted by Crippen LogP contribution is -2.23. The van der Waals surface area contributed by atoms with Crippen LogP contribution in [0, 0.1) is 6.92 Å². The number of anilines is 1. The number of hydrogen-bond donors (Lipinski definition) is 0. The summed E-state index contributed by atoms with van der Waals surface area (Å²) in [7, 11) is 6.39. The van der Waals surface area contributed by atoms with Crippen LogP contribution in [0.1, 0.15) is 12.0 Å². The number of aryl methyl sites for hydroxylation is 1. The molecule has 0 aromatic heterocycles. The molecular weight excluding hydrogens is 184 g/mol. The zero-order valence-corrected chi connectivity index (χ0v) is 10.3. The highest BCUT2D eigenvalue weighted by Crippen LogP contribution is 2.14. The van der Waals surface area contributed by atoms with Gasteiger partial charge in [0.05, 0.1) is 0 Å². The summed E-state index contributed by atoms with van der Waals surface area (Å²) >= 11 is 0. The second-order valence-electron chi connectivity index (χ2n) is 4.42. The SMILES string of the molecule is Cc1cccc(N(C)CCCN(C)C)c1. The van der Waals surface area contributed by atoms with Crippen molar-refractivity contribution in [1.82, 2.24) is 4.90 Å². The van der Waals surface area contributed by atoms with E-state index in [1.165, 1.54) is 17.7 Å². The van der Waals surface area contributed by atoms with Gasteiger partial charge in [-0.15, -0.1) is 0 Å². The summed E-state index contributed by atoms with van der Waals surface area (Å²) in [5.74, 6) is 0. The Morgan fingerprint density at radius 1 is 1.07 bits per heavy atom. The van der Waals surface area contributed by atoms with E-state index >= 15 is 0 Å². The van der Waals surface area contributed by atoms with Crippen LogP contribution in [0.2, 0.25) is 0 Å². The van der Waals surface area contributed by atoms with E-state index in [0.29, 0.717) is 0 Å². The van der Waals surface area contributed by atoms with Crippen LogP contribution in [0.3, 0.4) is 0 Å². The lowest BCUT2D eigenvalue weighted by atomic mass is 10.2. The summed E-state index contributed by atoms with van der Waals surface area (Å²) < 4.78 is 0. The van der Waals surface area contributed by atoms with E-state index in [9.17, 15) is 0 Å². The van der Waals surface area contributed by atoms with Gasteiger partial charge in [0.1, 0.15) is 0 Å². The van der Waals surface area contributed by atoms with Crippen molar-refractivity contribution < 1.29 is 0 Å². The van der Waals surface area contributed by atoms with Gasteiger partial charge in [0.15, 0.2) is 0 Å². The van der Waals surface area contributed by atoms with Crippen molar-refractivity contribution in [3.05, 3.63) is 29.8 Å². The summed E-state index contributed by atoms with van der Waals surface area (Å²) in [6.45, 7) is 4.40. The zero-order chi connectivity index (χ0) is 11.3. The summed E-state index contributed by atoms with van der Waals surface area (Å²) in [6.07, 6.45) is 1.21. The van der Waals surface area contributed by atoms with Gasteiger partial charge in [-0.1, -0.05) is 12.1 Å². The van der Waals surface area contributed by atoms with E-state index in [0.717, 1.165) is 13.1 Å². The van der Waals surface area contributed by atoms with Gasteiger partial charge in [0.2, 0.25) is 0 Å². The molecule has 0 aliphatic carbocycles. The summed E-state index contributed by atoms with van der Waals surface area (Å²) in [6, 6.07) is 8.66. The molecule has 0 fully saturated rings. The Kier molecular flexibility index (Phi) is 4.63. The number of hydrogen-bond acceptors (Lipinski definition) is 2. The average Bonchev–Trinajstić information content (AvgIpc) is 2.17. The Morgan fingerprint density at radius 3 is 2.40 bits per heavy atom. The maximum Gasteiger partial charge on any atom is 0.0366 e. The molecule has 0 amide bonds. The lowest BCUT2D eigenvalue weighted by Gasteiger charge is -2.20. The highest BCUT2D eigenvalue weighted by atomic mass is 15.1. The third-order valence-electron chi connectivity index (χ3n) is 2.54. The van der Waals surface area contributed by atoms with Gasteiger partial charge in [-0.05, 0) is 51.7 Å². The first-order valence-electron chi connectivity index (χ1n) is 5.52. The molecule has 1 aromatic carbocycles. The molecule has 0 saturated carbocycles. The normalized spacial score (nSPS) is 10.7. The lowest BCUT2D eigenvalue weighted by molar-refractivity contribution is 0.401. The van der Waals surface area contributed by atoms with Crippen LogP contribution in [0.4, 0.5) is 5.69 Å². The maximum absolute atomic E-state index is 2.32. The van der Waals surface area contributed by atoms with Crippen molar-refractivity contribution >= 4 is 5.69 Å². The third-order valence-corrected chi connectivity index (χ3v) is 2.54. The first-order valence-corrected chi connectivity index (χ1v) is 5.52. The van der Waals surface area contributed by atoms with Gasteiger partial charge < -0.3 is 9.80 Å². The van der Waals surface area contributed by atoms with Gasteiger partial charge in [0, 0.05) is 19.3 Å². The molecule has 0 atom stereocenters. The van der Waals surface area contributed by atoms with Crippen molar-refractivity contribution in [2.75, 3.05) is 39.1 Å². The van der Waals surface area contributed by atoms with Crippen molar-refractivity contribution in [3.63, 3.8) is 0 Å². The fraction of sp³-hybridized carbons (Fsp3) is 0.538. The van der Waals surface area contributed by atoms with Crippen molar-refractivity contribution in [2.24, 2.45) is 0 Å². The monoisotopic (exact) mass is 206 g/mol. The summed E-state index contributed by atoms with van der Waals surface area (Å²) in [4.78, 5) is 4.54. The van der Waals surface area contributed by atoms with Gasteiger partial charge in [0.25, 0.3) is 0 Å². The standard InChI is InChI=1S/C13H22N2/c1-12-7-5-8-13(11-12)15(4)10-6-9-14(2)3/h5,7-8,11H,6,9-10H2,1-4H3. The van der Waals surface area contributed by atoms with Crippen molar-refractivity contribution in [1.29, 1.82) is 0 Å². The Bertz CT molecular complexity index is 294. The van der Waals surface area contributed by atoms with Gasteiger partial charge >= 0.3 is 0 Å². The largest absolute Gasteiger partial charge is 0.375 e. The molecule has 1 aromatic rings. The minimum absolute atomic E-state index is 1.11. The summed E-state index contributed by atoms with van der Waals surface area (Å²) in [5, 5.41) is 0. The topological polar surface area (TPSA) is 6.48 Å². The molecule has 84 valence electrons. The zero-order valence-electron chi connectivity index (χ0n) is 10.3. The van der Waals surface area contributed by atoms with Crippen LogP contribution < -0.4 is 4.90 Å². The smallest absolute Gasteiger partial charge is 0.0366 e. The quantitative estimate of drug-likeness (QED) is 0.730. The van der Waals surface area contributed by atoms with E-state index in [2.05, 4.69) is 62.1 Å². The Morgan fingerprint density at radius 2 is 1.80 bits per heavy atom. The number of rotatable bonds is 5. The van der Waals surface area contributed by atoms with Crippen LogP contribution >= 0.6 is 0 Å². The molecule has 0 spiro atoms. The molecular formula is C13H22N2. The first-order chi connectivity index (χ1) is 7.09. The molecule has 0 unspecified atom stereocenters. The third kappa shape index (κ3) is 4.34. The predicted octanol–water partition coefficient (Wildman–Crippen LogP) is 2.38. The Hall–Kier alpha value is -1.02. The predicted molar refractivity (Wildman–Crippen MR) is 67.6 cm³/mol. The molecule has 0 aliphatic heterocycles. The fourth-order valence-electron chi connectivity index (χ4n) is 1.62. The fourth-order valence-corrected chi connectivity index (χ4v) is 1.62.